The van der Waals surface area contributed by atoms with Crippen molar-refractivity contribution in [2.24, 2.45) is 0 Å². The molecule has 13 heavy (non-hydrogen) atoms. The van der Waals surface area contributed by atoms with Gasteiger partial charge in [0, 0.05) is 19.9 Å². The normalized spacial score (nSPS) is 8.00. The Labute approximate surface area is 79.7 Å². The third kappa shape index (κ3) is 10.9. The van der Waals surface area contributed by atoms with Gasteiger partial charge in [-0.3, -0.25) is 9.59 Å². The van der Waals surface area contributed by atoms with Crippen LogP contribution in [0.15, 0.2) is 0 Å². The highest BCUT2D eigenvalue weighted by molar-refractivity contribution is 5.76. The summed E-state index contributed by atoms with van der Waals surface area (Å²) in [5.74, 6) is -0.317. The third-order valence-electron chi connectivity index (χ3n) is 1.29. The van der Waals surface area contributed by atoms with Crippen molar-refractivity contribution in [2.45, 2.75) is 33.1 Å². The predicted molar refractivity (Wildman–Crippen MR) is 51.3 cm³/mol. The molecule has 0 saturated heterocycles. The van der Waals surface area contributed by atoms with Crippen LogP contribution in [0, 0.1) is 0 Å². The summed E-state index contributed by atoms with van der Waals surface area (Å²) in [6, 6.07) is 0. The Kier molecular flexibility index (Phi) is 12.2. The molecule has 0 spiro atoms. The maximum Gasteiger partial charge on any atom is 0.305 e. The smallest absolute Gasteiger partial charge is 0.305 e. The first-order chi connectivity index (χ1) is 6.20. The summed E-state index contributed by atoms with van der Waals surface area (Å²) in [7, 11) is 2.91. The first-order valence-corrected chi connectivity index (χ1v) is 4.48. The van der Waals surface area contributed by atoms with Gasteiger partial charge in [0.25, 0.3) is 0 Å². The number of carbonyl (C=O) groups excluding carboxylic acids is 2. The molecule has 0 rings (SSSR count). The van der Waals surface area contributed by atoms with Crippen molar-refractivity contribution < 1.29 is 14.3 Å². The number of hydrogen-bond acceptors (Lipinski definition) is 3. The third-order valence-corrected chi connectivity index (χ3v) is 1.29. The van der Waals surface area contributed by atoms with Crippen LogP contribution in [0.1, 0.15) is 33.1 Å². The van der Waals surface area contributed by atoms with Crippen molar-refractivity contribution in [1.82, 2.24) is 5.32 Å². The van der Waals surface area contributed by atoms with Crippen molar-refractivity contribution in [3.63, 3.8) is 0 Å². The van der Waals surface area contributed by atoms with Gasteiger partial charge in [-0.05, 0) is 6.42 Å². The van der Waals surface area contributed by atoms with E-state index in [1.807, 2.05) is 13.8 Å². The van der Waals surface area contributed by atoms with E-state index in [9.17, 15) is 9.59 Å². The molecule has 1 N–H and O–H groups in total. The molecule has 78 valence electrons. The molecule has 0 aliphatic heterocycles. The SMILES string of the molecule is CC.CNC(=O)CCCC(=O)OC. The van der Waals surface area contributed by atoms with Gasteiger partial charge in [0.05, 0.1) is 7.11 Å². The molecule has 0 saturated carbocycles. The van der Waals surface area contributed by atoms with Gasteiger partial charge < -0.3 is 10.1 Å². The van der Waals surface area contributed by atoms with Gasteiger partial charge in [-0.2, -0.15) is 0 Å². The summed E-state index contributed by atoms with van der Waals surface area (Å²) < 4.78 is 4.40. The molecule has 0 aliphatic carbocycles. The number of carbonyl (C=O) groups is 2. The van der Waals surface area contributed by atoms with Crippen molar-refractivity contribution in [3.8, 4) is 0 Å². The van der Waals surface area contributed by atoms with Gasteiger partial charge >= 0.3 is 5.97 Å². The van der Waals surface area contributed by atoms with Crippen LogP contribution in [0.3, 0.4) is 0 Å². The Morgan fingerprint density at radius 2 is 1.77 bits per heavy atom. The Balaban J connectivity index is 0. The number of rotatable bonds is 4. The van der Waals surface area contributed by atoms with Crippen LogP contribution in [-0.4, -0.2) is 26.0 Å². The molecule has 0 aromatic carbocycles. The minimum atomic E-state index is -0.270. The van der Waals surface area contributed by atoms with Crippen LogP contribution in [-0.2, 0) is 14.3 Å². The molecular weight excluding hydrogens is 170 g/mol. The molecule has 0 aromatic rings. The number of hydrogen-bond donors (Lipinski definition) is 1. The molecule has 0 aromatic heterocycles. The number of amides is 1. The molecule has 0 aliphatic rings. The van der Waals surface area contributed by atoms with Crippen molar-refractivity contribution in [2.75, 3.05) is 14.2 Å². The fourth-order valence-electron chi connectivity index (χ4n) is 0.620. The highest BCUT2D eigenvalue weighted by Gasteiger charge is 2.02. The van der Waals surface area contributed by atoms with Gasteiger partial charge in [0.15, 0.2) is 0 Å². The van der Waals surface area contributed by atoms with Crippen LogP contribution in [0.4, 0.5) is 0 Å². The predicted octanol–water partition coefficient (Wildman–Crippen LogP) is 1.10. The summed E-state index contributed by atoms with van der Waals surface area (Å²) >= 11 is 0. The quantitative estimate of drug-likeness (QED) is 0.674. The molecule has 0 radical (unpaired) electrons. The van der Waals surface area contributed by atoms with Crippen LogP contribution < -0.4 is 5.32 Å². The topological polar surface area (TPSA) is 55.4 Å². The van der Waals surface area contributed by atoms with Gasteiger partial charge in [0.2, 0.25) is 5.91 Å². The van der Waals surface area contributed by atoms with Crippen LogP contribution in [0.5, 0.6) is 0 Å². The lowest BCUT2D eigenvalue weighted by atomic mass is 10.2. The fourth-order valence-corrected chi connectivity index (χ4v) is 0.620. The number of nitrogens with one attached hydrogen (secondary N) is 1. The van der Waals surface area contributed by atoms with E-state index in [2.05, 4.69) is 10.1 Å². The van der Waals surface area contributed by atoms with E-state index in [4.69, 9.17) is 0 Å². The molecule has 4 nitrogen and oxygen atoms in total. The molecule has 4 heteroatoms. The highest BCUT2D eigenvalue weighted by Crippen LogP contribution is 1.96. The zero-order valence-electron chi connectivity index (χ0n) is 8.85. The summed E-state index contributed by atoms with van der Waals surface area (Å²) in [5.41, 5.74) is 0. The Bertz CT molecular complexity index is 130. The molecule has 0 bridgehead atoms. The van der Waals surface area contributed by atoms with Crippen LogP contribution in [0.25, 0.3) is 0 Å². The summed E-state index contributed by atoms with van der Waals surface area (Å²) in [5, 5.41) is 2.47. The summed E-state index contributed by atoms with van der Waals surface area (Å²) in [4.78, 5) is 21.1. The van der Waals surface area contributed by atoms with E-state index in [0.29, 0.717) is 19.3 Å². The lowest BCUT2D eigenvalue weighted by Gasteiger charge is -1.98. The number of ether oxygens (including phenoxy) is 1. The highest BCUT2D eigenvalue weighted by atomic mass is 16.5. The molecular formula is C9H19NO3. The Morgan fingerprint density at radius 3 is 2.15 bits per heavy atom. The van der Waals surface area contributed by atoms with E-state index in [1.54, 1.807) is 7.05 Å². The Morgan fingerprint density at radius 1 is 1.23 bits per heavy atom. The van der Waals surface area contributed by atoms with E-state index in [1.165, 1.54) is 7.11 Å². The first kappa shape index (κ1) is 14.5. The molecule has 0 heterocycles. The maximum atomic E-state index is 10.6. The van der Waals surface area contributed by atoms with Crippen LogP contribution in [0.2, 0.25) is 0 Å². The Hall–Kier alpha value is -1.06. The minimum absolute atomic E-state index is 0.0473. The van der Waals surface area contributed by atoms with E-state index in [-0.39, 0.29) is 11.9 Å². The molecule has 0 fully saturated rings. The molecule has 1 amide bonds. The maximum absolute atomic E-state index is 10.6. The summed E-state index contributed by atoms with van der Waals surface area (Å²) in [6.07, 6.45) is 1.24. The fraction of sp³-hybridized carbons (Fsp3) is 0.778. The largest absolute Gasteiger partial charge is 0.469 e. The van der Waals surface area contributed by atoms with Crippen molar-refractivity contribution in [1.29, 1.82) is 0 Å². The van der Waals surface area contributed by atoms with E-state index < -0.39 is 0 Å². The van der Waals surface area contributed by atoms with Gasteiger partial charge in [-0.15, -0.1) is 0 Å². The lowest BCUT2D eigenvalue weighted by Crippen LogP contribution is -2.17. The second kappa shape index (κ2) is 10.9. The average molecular weight is 189 g/mol. The summed E-state index contributed by atoms with van der Waals surface area (Å²) in [6.45, 7) is 4.00. The van der Waals surface area contributed by atoms with Gasteiger partial charge in [-0.25, -0.2) is 0 Å². The van der Waals surface area contributed by atoms with Crippen molar-refractivity contribution >= 4 is 11.9 Å². The number of methoxy groups -OCH3 is 1. The number of esters is 1. The molecule has 0 unspecified atom stereocenters. The zero-order valence-corrected chi connectivity index (χ0v) is 8.85. The second-order valence-corrected chi connectivity index (χ2v) is 2.10. The monoisotopic (exact) mass is 189 g/mol. The first-order valence-electron chi connectivity index (χ1n) is 4.48. The standard InChI is InChI=1S/C7H13NO3.C2H6/c1-8-6(9)4-3-5-7(10)11-2;1-2/h3-5H2,1-2H3,(H,8,9);1-2H3. The molecule has 0 atom stereocenters. The van der Waals surface area contributed by atoms with Gasteiger partial charge in [-0.1, -0.05) is 13.8 Å². The lowest BCUT2D eigenvalue weighted by molar-refractivity contribution is -0.140. The minimum Gasteiger partial charge on any atom is -0.469 e. The van der Waals surface area contributed by atoms with Crippen molar-refractivity contribution in [3.05, 3.63) is 0 Å². The van der Waals surface area contributed by atoms with Gasteiger partial charge in [0.1, 0.15) is 0 Å². The van der Waals surface area contributed by atoms with E-state index in [0.717, 1.165) is 0 Å². The van der Waals surface area contributed by atoms with E-state index >= 15 is 0 Å². The van der Waals surface area contributed by atoms with Crippen LogP contribution >= 0.6 is 0 Å². The average Bonchev–Trinajstić information content (AvgIpc) is 2.20. The zero-order chi connectivity index (χ0) is 10.7. The second-order valence-electron chi connectivity index (χ2n) is 2.10.